The summed E-state index contributed by atoms with van der Waals surface area (Å²) >= 11 is 0. The Morgan fingerprint density at radius 2 is 1.96 bits per heavy atom. The van der Waals surface area contributed by atoms with E-state index in [1.807, 2.05) is 43.6 Å². The van der Waals surface area contributed by atoms with Crippen LogP contribution in [-0.2, 0) is 6.54 Å². The number of nitrogens with one attached hydrogen (secondary N) is 2. The molecule has 1 aliphatic rings. The van der Waals surface area contributed by atoms with Crippen molar-refractivity contribution in [1.29, 1.82) is 0 Å². The summed E-state index contributed by atoms with van der Waals surface area (Å²) in [5, 5.41) is 5.90. The molecular weight excluding hydrogens is 312 g/mol. The number of rotatable bonds is 5. The molecular formula is C20H26N4O. The zero-order valence-corrected chi connectivity index (χ0v) is 14.7. The lowest BCUT2D eigenvalue weighted by molar-refractivity contribution is 0.166. The quantitative estimate of drug-likeness (QED) is 0.878. The first-order valence-electron chi connectivity index (χ1n) is 8.92. The highest BCUT2D eigenvalue weighted by molar-refractivity contribution is 5.89. The Bertz CT molecular complexity index is 672. The number of anilines is 1. The molecule has 1 aromatic heterocycles. The topological polar surface area (TPSA) is 57.3 Å². The zero-order chi connectivity index (χ0) is 17.5. The highest BCUT2D eigenvalue weighted by Crippen LogP contribution is 2.18. The number of piperidine rings is 1. The maximum atomic E-state index is 12.1. The first-order chi connectivity index (χ1) is 12.2. The number of aromatic nitrogens is 1. The summed E-state index contributed by atoms with van der Waals surface area (Å²) in [7, 11) is 0. The monoisotopic (exact) mass is 338 g/mol. The minimum absolute atomic E-state index is 0.130. The highest BCUT2D eigenvalue weighted by atomic mass is 16.2. The Kier molecular flexibility index (Phi) is 6.01. The molecule has 132 valence electrons. The third-order valence-electron chi connectivity index (χ3n) is 4.62. The maximum Gasteiger partial charge on any atom is 0.319 e. The molecule has 0 saturated carbocycles. The molecule has 0 aliphatic carbocycles. The molecule has 0 unspecified atom stereocenters. The minimum Gasteiger partial charge on any atom is -0.338 e. The average molecular weight is 338 g/mol. The van der Waals surface area contributed by atoms with Gasteiger partial charge in [0.2, 0.25) is 0 Å². The second-order valence-electron chi connectivity index (χ2n) is 6.80. The Morgan fingerprint density at radius 1 is 1.20 bits per heavy atom. The fourth-order valence-electron chi connectivity index (χ4n) is 3.26. The summed E-state index contributed by atoms with van der Waals surface area (Å²) in [5.41, 5.74) is 3.30. The number of hydrogen-bond donors (Lipinski definition) is 2. The van der Waals surface area contributed by atoms with Crippen LogP contribution < -0.4 is 10.6 Å². The molecule has 2 heterocycles. The lowest BCUT2D eigenvalue weighted by atomic mass is 9.97. The van der Waals surface area contributed by atoms with Gasteiger partial charge in [-0.2, -0.15) is 0 Å². The number of amides is 2. The molecule has 0 bridgehead atoms. The second-order valence-corrected chi connectivity index (χ2v) is 6.80. The third-order valence-corrected chi connectivity index (χ3v) is 4.62. The van der Waals surface area contributed by atoms with E-state index in [4.69, 9.17) is 0 Å². The van der Waals surface area contributed by atoms with Crippen molar-refractivity contribution in [3.05, 3.63) is 59.9 Å². The van der Waals surface area contributed by atoms with E-state index >= 15 is 0 Å². The van der Waals surface area contributed by atoms with Crippen LogP contribution in [0.25, 0.3) is 0 Å². The molecule has 1 aromatic carbocycles. The predicted octanol–water partition coefficient (Wildman–Crippen LogP) is 3.42. The first-order valence-corrected chi connectivity index (χ1v) is 8.92. The number of likely N-dealkylation sites (tertiary alicyclic amines) is 1. The molecule has 1 saturated heterocycles. The van der Waals surface area contributed by atoms with E-state index in [2.05, 4.69) is 32.7 Å². The second kappa shape index (κ2) is 8.62. The molecule has 0 spiro atoms. The minimum atomic E-state index is -0.130. The van der Waals surface area contributed by atoms with E-state index in [0.717, 1.165) is 31.7 Å². The highest BCUT2D eigenvalue weighted by Gasteiger charge is 2.20. The van der Waals surface area contributed by atoms with Gasteiger partial charge in [-0.25, -0.2) is 4.79 Å². The Hall–Kier alpha value is -2.40. The zero-order valence-electron chi connectivity index (χ0n) is 14.7. The molecule has 2 N–H and O–H groups in total. The van der Waals surface area contributed by atoms with Gasteiger partial charge in [0.25, 0.3) is 0 Å². The van der Waals surface area contributed by atoms with Crippen LogP contribution in [0.2, 0.25) is 0 Å². The van der Waals surface area contributed by atoms with Crippen LogP contribution in [0.5, 0.6) is 0 Å². The van der Waals surface area contributed by atoms with Crippen molar-refractivity contribution in [1.82, 2.24) is 15.2 Å². The lowest BCUT2D eigenvalue weighted by Gasteiger charge is -2.32. The average Bonchev–Trinajstić information content (AvgIpc) is 2.63. The van der Waals surface area contributed by atoms with Gasteiger partial charge in [-0.15, -0.1) is 0 Å². The van der Waals surface area contributed by atoms with Crippen molar-refractivity contribution in [2.75, 3.05) is 25.0 Å². The van der Waals surface area contributed by atoms with E-state index in [9.17, 15) is 4.79 Å². The third kappa shape index (κ3) is 5.57. The molecule has 2 aromatic rings. The van der Waals surface area contributed by atoms with Crippen molar-refractivity contribution in [2.45, 2.75) is 26.3 Å². The van der Waals surface area contributed by atoms with Gasteiger partial charge in [0, 0.05) is 37.7 Å². The number of nitrogens with zero attached hydrogens (tertiary/aromatic N) is 2. The Balaban J connectivity index is 1.43. The van der Waals surface area contributed by atoms with Gasteiger partial charge in [0.15, 0.2) is 0 Å². The number of urea groups is 1. The van der Waals surface area contributed by atoms with E-state index in [0.29, 0.717) is 12.5 Å². The van der Waals surface area contributed by atoms with Crippen molar-refractivity contribution < 1.29 is 4.79 Å². The molecule has 3 rings (SSSR count). The van der Waals surface area contributed by atoms with E-state index in [1.54, 1.807) is 0 Å². The van der Waals surface area contributed by atoms with E-state index in [1.165, 1.54) is 17.5 Å². The van der Waals surface area contributed by atoms with E-state index in [-0.39, 0.29) is 6.03 Å². The van der Waals surface area contributed by atoms with Crippen LogP contribution in [0.4, 0.5) is 10.5 Å². The molecule has 1 atom stereocenters. The smallest absolute Gasteiger partial charge is 0.319 e. The summed E-state index contributed by atoms with van der Waals surface area (Å²) in [5.74, 6) is 0.499. The van der Waals surface area contributed by atoms with Crippen molar-refractivity contribution >= 4 is 11.7 Å². The van der Waals surface area contributed by atoms with Gasteiger partial charge in [-0.3, -0.25) is 9.88 Å². The molecule has 25 heavy (non-hydrogen) atoms. The van der Waals surface area contributed by atoms with Gasteiger partial charge < -0.3 is 10.6 Å². The molecule has 5 heteroatoms. The summed E-state index contributed by atoms with van der Waals surface area (Å²) in [6.45, 7) is 5.84. The van der Waals surface area contributed by atoms with Crippen molar-refractivity contribution in [2.24, 2.45) is 5.92 Å². The lowest BCUT2D eigenvalue weighted by Crippen LogP contribution is -2.41. The number of hydrogen-bond acceptors (Lipinski definition) is 3. The summed E-state index contributed by atoms with van der Waals surface area (Å²) in [6, 6.07) is 11.8. The van der Waals surface area contributed by atoms with Gasteiger partial charge in [-0.05, 0) is 62.1 Å². The summed E-state index contributed by atoms with van der Waals surface area (Å²) in [4.78, 5) is 18.6. The Morgan fingerprint density at radius 3 is 2.72 bits per heavy atom. The fraction of sp³-hybridized carbons (Fsp3) is 0.400. The van der Waals surface area contributed by atoms with Crippen LogP contribution in [0, 0.1) is 12.8 Å². The largest absolute Gasteiger partial charge is 0.338 e. The fourth-order valence-corrected chi connectivity index (χ4v) is 3.26. The van der Waals surface area contributed by atoms with Gasteiger partial charge in [0.1, 0.15) is 0 Å². The van der Waals surface area contributed by atoms with Gasteiger partial charge in [-0.1, -0.05) is 17.7 Å². The molecule has 2 amide bonds. The number of aryl methyl sites for hydroxylation is 1. The van der Waals surface area contributed by atoms with Crippen LogP contribution in [0.3, 0.4) is 0 Å². The molecule has 1 fully saturated rings. The van der Waals surface area contributed by atoms with Crippen LogP contribution >= 0.6 is 0 Å². The van der Waals surface area contributed by atoms with Gasteiger partial charge in [0.05, 0.1) is 0 Å². The predicted molar refractivity (Wildman–Crippen MR) is 100 cm³/mol. The maximum absolute atomic E-state index is 12.1. The van der Waals surface area contributed by atoms with Crippen molar-refractivity contribution in [3.8, 4) is 0 Å². The summed E-state index contributed by atoms with van der Waals surface area (Å²) < 4.78 is 0. The van der Waals surface area contributed by atoms with Crippen LogP contribution in [-0.4, -0.2) is 35.5 Å². The number of carbonyl (C=O) groups excluding carboxylic acids is 1. The molecule has 1 aliphatic heterocycles. The van der Waals surface area contributed by atoms with Gasteiger partial charge >= 0.3 is 6.03 Å². The normalized spacial score (nSPS) is 17.9. The molecule has 5 nitrogen and oxygen atoms in total. The Labute approximate surface area is 149 Å². The number of carbonyl (C=O) groups is 1. The standard InChI is InChI=1S/C20H26N4O/c1-16-4-6-19(7-5-16)23-20(25)22-13-18-3-2-12-24(15-18)14-17-8-10-21-11-9-17/h4-11,18H,2-3,12-15H2,1H3,(H2,22,23,25)/t18-/m1/s1. The van der Waals surface area contributed by atoms with Crippen LogP contribution in [0.15, 0.2) is 48.8 Å². The first kappa shape index (κ1) is 17.4. The van der Waals surface area contributed by atoms with Crippen molar-refractivity contribution in [3.63, 3.8) is 0 Å². The SMILES string of the molecule is Cc1ccc(NC(=O)NC[C@H]2CCCN(Cc3ccncc3)C2)cc1. The number of benzene rings is 1. The number of pyridine rings is 1. The summed E-state index contributed by atoms with van der Waals surface area (Å²) in [6.07, 6.45) is 6.02. The molecule has 0 radical (unpaired) electrons. The van der Waals surface area contributed by atoms with E-state index < -0.39 is 0 Å². The van der Waals surface area contributed by atoms with Crippen LogP contribution in [0.1, 0.15) is 24.0 Å².